The van der Waals surface area contributed by atoms with Crippen LogP contribution >= 0.6 is 0 Å². The summed E-state index contributed by atoms with van der Waals surface area (Å²) >= 11 is 0. The number of rotatable bonds is 5. The lowest BCUT2D eigenvalue weighted by molar-refractivity contribution is 0.103. The third-order valence-electron chi connectivity index (χ3n) is 7.98. The number of piperidine rings is 1. The minimum atomic E-state index is -0.0490. The summed E-state index contributed by atoms with van der Waals surface area (Å²) in [5.41, 5.74) is 5.45. The molecule has 1 aromatic carbocycles. The van der Waals surface area contributed by atoms with Crippen LogP contribution in [0.3, 0.4) is 0 Å². The predicted octanol–water partition coefficient (Wildman–Crippen LogP) is 3.98. The molecule has 2 amide bonds. The number of benzene rings is 1. The molecule has 1 fully saturated rings. The minimum absolute atomic E-state index is 0.0460. The van der Waals surface area contributed by atoms with E-state index in [0.29, 0.717) is 12.2 Å². The summed E-state index contributed by atoms with van der Waals surface area (Å²) in [6.45, 7) is 2.20. The Hall–Kier alpha value is -3.88. The van der Waals surface area contributed by atoms with Crippen LogP contribution in [0.25, 0.3) is 0 Å². The molecule has 9 heteroatoms. The third-order valence-corrected chi connectivity index (χ3v) is 7.98. The van der Waals surface area contributed by atoms with E-state index in [0.717, 1.165) is 92.0 Å². The van der Waals surface area contributed by atoms with Gasteiger partial charge in [0.1, 0.15) is 23.6 Å². The average Bonchev–Trinajstić information content (AvgIpc) is 3.30. The molecule has 0 unspecified atom stereocenters. The van der Waals surface area contributed by atoms with Crippen molar-refractivity contribution < 1.29 is 14.3 Å². The van der Waals surface area contributed by atoms with Crippen molar-refractivity contribution in [1.82, 2.24) is 19.9 Å². The van der Waals surface area contributed by atoms with Crippen LogP contribution in [0.5, 0.6) is 5.75 Å². The Labute approximate surface area is 216 Å². The van der Waals surface area contributed by atoms with Crippen molar-refractivity contribution in [3.05, 3.63) is 64.9 Å². The number of anilines is 2. The van der Waals surface area contributed by atoms with E-state index < -0.39 is 0 Å². The lowest BCUT2D eigenvalue weighted by Gasteiger charge is -2.38. The lowest BCUT2D eigenvalue weighted by Crippen LogP contribution is -2.49. The van der Waals surface area contributed by atoms with Gasteiger partial charge in [0, 0.05) is 54.9 Å². The second kappa shape index (κ2) is 9.88. The average molecular weight is 501 g/mol. The van der Waals surface area contributed by atoms with Gasteiger partial charge in [0.15, 0.2) is 0 Å². The highest BCUT2D eigenvalue weighted by Gasteiger charge is 2.31. The second-order valence-electron chi connectivity index (χ2n) is 10.1. The van der Waals surface area contributed by atoms with E-state index in [1.807, 2.05) is 35.4 Å². The van der Waals surface area contributed by atoms with Gasteiger partial charge in [-0.15, -0.1) is 0 Å². The number of aryl methyl sites for hydroxylation is 1. The number of nitrogens with zero attached hydrogens (tertiary/aromatic N) is 4. The van der Waals surface area contributed by atoms with Crippen LogP contribution in [0.1, 0.15) is 58.6 Å². The van der Waals surface area contributed by atoms with E-state index in [4.69, 9.17) is 4.74 Å². The van der Waals surface area contributed by atoms with Gasteiger partial charge in [0.2, 0.25) is 5.78 Å². The van der Waals surface area contributed by atoms with Crippen molar-refractivity contribution >= 4 is 23.3 Å². The fraction of sp³-hybridized carbons (Fsp3) is 0.429. The van der Waals surface area contributed by atoms with Crippen molar-refractivity contribution in [3.8, 4) is 5.75 Å². The number of hydrogen-bond donors (Lipinski definition) is 2. The van der Waals surface area contributed by atoms with E-state index in [1.165, 1.54) is 12.0 Å². The number of carbonyl (C=O) groups excluding carboxylic acids is 2. The number of fused-ring (bicyclic) bond motifs is 2. The Balaban J connectivity index is 1.12. The summed E-state index contributed by atoms with van der Waals surface area (Å²) < 4.78 is 5.35. The van der Waals surface area contributed by atoms with Crippen LogP contribution in [-0.4, -0.2) is 64.5 Å². The smallest absolute Gasteiger partial charge is 0.322 e. The van der Waals surface area contributed by atoms with Gasteiger partial charge in [-0.25, -0.2) is 14.8 Å². The molecular weight excluding hydrogens is 468 g/mol. The van der Waals surface area contributed by atoms with Gasteiger partial charge in [0.25, 0.3) is 0 Å². The largest absolute Gasteiger partial charge is 0.497 e. The van der Waals surface area contributed by atoms with Crippen molar-refractivity contribution in [2.75, 3.05) is 37.0 Å². The fourth-order valence-corrected chi connectivity index (χ4v) is 5.90. The number of methoxy groups -OCH3 is 1. The fourth-order valence-electron chi connectivity index (χ4n) is 5.90. The number of ether oxygens (including phenoxy) is 1. The molecule has 0 bridgehead atoms. The van der Waals surface area contributed by atoms with Gasteiger partial charge in [0.05, 0.1) is 7.11 Å². The molecule has 0 saturated carbocycles. The molecule has 37 heavy (non-hydrogen) atoms. The van der Waals surface area contributed by atoms with E-state index in [2.05, 4.69) is 25.2 Å². The Morgan fingerprint density at radius 1 is 1.05 bits per heavy atom. The molecule has 1 saturated heterocycles. The van der Waals surface area contributed by atoms with Crippen LogP contribution in [0.15, 0.2) is 36.8 Å². The summed E-state index contributed by atoms with van der Waals surface area (Å²) in [4.78, 5) is 42.5. The number of amides is 2. The quantitative estimate of drug-likeness (QED) is 0.514. The minimum Gasteiger partial charge on any atom is -0.497 e. The predicted molar refractivity (Wildman–Crippen MR) is 141 cm³/mol. The summed E-state index contributed by atoms with van der Waals surface area (Å²) in [5, 5.41) is 3.08. The van der Waals surface area contributed by atoms with Gasteiger partial charge < -0.3 is 24.8 Å². The molecule has 3 aromatic rings. The molecule has 4 heterocycles. The van der Waals surface area contributed by atoms with E-state index in [1.54, 1.807) is 7.11 Å². The summed E-state index contributed by atoms with van der Waals surface area (Å²) in [5.74, 6) is 1.52. The molecule has 3 aliphatic rings. The number of H-pyrrole nitrogens is 1. The molecule has 2 aliphatic heterocycles. The Morgan fingerprint density at radius 2 is 1.89 bits per heavy atom. The van der Waals surface area contributed by atoms with Crippen molar-refractivity contribution in [2.45, 2.75) is 51.0 Å². The number of aromatic amines is 1. The van der Waals surface area contributed by atoms with Crippen LogP contribution < -0.4 is 15.0 Å². The van der Waals surface area contributed by atoms with Crippen molar-refractivity contribution in [2.24, 2.45) is 0 Å². The van der Waals surface area contributed by atoms with Crippen LogP contribution in [0.4, 0.5) is 16.3 Å². The first-order valence-corrected chi connectivity index (χ1v) is 13.2. The van der Waals surface area contributed by atoms with E-state index in [9.17, 15) is 9.59 Å². The van der Waals surface area contributed by atoms with Crippen molar-refractivity contribution in [3.63, 3.8) is 0 Å². The van der Waals surface area contributed by atoms with Gasteiger partial charge >= 0.3 is 6.03 Å². The highest BCUT2D eigenvalue weighted by atomic mass is 16.5. The molecule has 0 atom stereocenters. The molecule has 9 nitrogen and oxygen atoms in total. The number of carbonyl (C=O) groups is 2. The van der Waals surface area contributed by atoms with E-state index >= 15 is 0 Å². The number of aromatic nitrogens is 3. The maximum Gasteiger partial charge on any atom is 0.322 e. The molecule has 0 radical (unpaired) electrons. The van der Waals surface area contributed by atoms with E-state index in [-0.39, 0.29) is 17.9 Å². The second-order valence-corrected chi connectivity index (χ2v) is 10.1. The summed E-state index contributed by atoms with van der Waals surface area (Å²) in [6.07, 6.45) is 10.0. The molecular formula is C28H32N6O3. The van der Waals surface area contributed by atoms with Gasteiger partial charge in [-0.05, 0) is 74.3 Å². The molecule has 2 N–H and O–H groups in total. The zero-order valence-electron chi connectivity index (χ0n) is 21.1. The molecule has 1 aliphatic carbocycles. The van der Waals surface area contributed by atoms with Gasteiger partial charge in [-0.1, -0.05) is 0 Å². The number of nitrogens with one attached hydrogen (secondary N) is 2. The zero-order chi connectivity index (χ0) is 25.4. The standard InChI is InChI=1S/C28H32N6O3/c1-37-20-6-7-23-18(14-20)8-13-34(28(36)32-23)19-9-11-33(12-10-19)26-15-25(30-17-31-26)27(35)22-16-29-24-5-3-2-4-21(22)24/h6-7,14-17,19,29H,2-5,8-13H2,1H3,(H,32,36). The number of urea groups is 1. The Morgan fingerprint density at radius 3 is 2.73 bits per heavy atom. The normalized spacial score (nSPS) is 18.0. The first-order chi connectivity index (χ1) is 18.1. The Kier molecular flexibility index (Phi) is 6.28. The third kappa shape index (κ3) is 4.54. The molecule has 0 spiro atoms. The SMILES string of the molecule is COc1ccc2c(c1)CCN(C1CCN(c3cc(C(=O)c4c[nH]c5c4CCCC5)ncn3)CC1)C(=O)N2. The van der Waals surface area contributed by atoms with Crippen LogP contribution in [0.2, 0.25) is 0 Å². The highest BCUT2D eigenvalue weighted by molar-refractivity contribution is 6.09. The lowest BCUT2D eigenvalue weighted by atomic mass is 9.93. The maximum absolute atomic E-state index is 13.3. The summed E-state index contributed by atoms with van der Waals surface area (Å²) in [6, 6.07) is 7.70. The van der Waals surface area contributed by atoms with Crippen LogP contribution in [-0.2, 0) is 19.3 Å². The number of ketones is 1. The maximum atomic E-state index is 13.3. The first kappa shape index (κ1) is 23.5. The number of hydrogen-bond acceptors (Lipinski definition) is 6. The van der Waals surface area contributed by atoms with Crippen LogP contribution in [0, 0.1) is 0 Å². The molecule has 192 valence electrons. The Bertz CT molecular complexity index is 1330. The molecule has 2 aromatic heterocycles. The summed E-state index contributed by atoms with van der Waals surface area (Å²) in [7, 11) is 1.65. The highest BCUT2D eigenvalue weighted by Crippen LogP contribution is 2.29. The zero-order valence-corrected chi connectivity index (χ0v) is 21.1. The van der Waals surface area contributed by atoms with Crippen molar-refractivity contribution in [1.29, 1.82) is 0 Å². The van der Waals surface area contributed by atoms with Gasteiger partial charge in [-0.2, -0.15) is 0 Å². The topological polar surface area (TPSA) is 103 Å². The van der Waals surface area contributed by atoms with Gasteiger partial charge in [-0.3, -0.25) is 4.79 Å². The molecule has 6 rings (SSSR count). The monoisotopic (exact) mass is 500 g/mol. The first-order valence-electron chi connectivity index (χ1n) is 13.2.